The lowest BCUT2D eigenvalue weighted by atomic mass is 9.98. The van der Waals surface area contributed by atoms with Crippen LogP contribution in [0, 0.1) is 5.92 Å². The van der Waals surface area contributed by atoms with E-state index in [1.54, 1.807) is 38.1 Å². The number of benzene rings is 4. The first-order chi connectivity index (χ1) is 28.1. The second-order valence-electron chi connectivity index (χ2n) is 14.6. The molecule has 0 spiro atoms. The number of alkyl halides is 2. The molecule has 0 saturated heterocycles. The van der Waals surface area contributed by atoms with Crippen molar-refractivity contribution in [2.24, 2.45) is 11.7 Å². The van der Waals surface area contributed by atoms with Crippen LogP contribution in [0.1, 0.15) is 66.8 Å². The smallest absolute Gasteiger partial charge is 0.407 e. The van der Waals surface area contributed by atoms with E-state index < -0.39 is 65.4 Å². The molecule has 0 aliphatic heterocycles. The Morgan fingerprint density at radius 3 is 1.85 bits per heavy atom. The lowest BCUT2D eigenvalue weighted by molar-refractivity contribution is -0.166. The summed E-state index contributed by atoms with van der Waals surface area (Å²) in [5, 5.41) is 16.6. The van der Waals surface area contributed by atoms with Crippen LogP contribution in [-0.2, 0) is 52.4 Å². The third-order valence-corrected chi connectivity index (χ3v) is 9.86. The summed E-state index contributed by atoms with van der Waals surface area (Å²) < 4.78 is 39.4. The molecule has 0 fully saturated rings. The zero-order valence-electron chi connectivity index (χ0n) is 32.5. The molecule has 0 bridgehead atoms. The Bertz CT molecular complexity index is 2100. The molecular weight excluding hydrogens is 766 g/mol. The van der Waals surface area contributed by atoms with Gasteiger partial charge in [0.1, 0.15) is 31.3 Å². The van der Waals surface area contributed by atoms with Gasteiger partial charge in [-0.15, -0.1) is 0 Å². The molecule has 4 aromatic carbocycles. The zero-order valence-corrected chi connectivity index (χ0v) is 32.5. The van der Waals surface area contributed by atoms with Gasteiger partial charge in [-0.2, -0.15) is 8.78 Å². The fourth-order valence-electron chi connectivity index (χ4n) is 6.80. The highest BCUT2D eigenvalue weighted by molar-refractivity contribution is 5.94. The third-order valence-electron chi connectivity index (χ3n) is 9.86. The average Bonchev–Trinajstić information content (AvgIpc) is 3.53. The van der Waals surface area contributed by atoms with E-state index in [0.717, 1.165) is 39.9 Å². The van der Waals surface area contributed by atoms with Crippen LogP contribution in [-0.4, -0.2) is 65.6 Å². The lowest BCUT2D eigenvalue weighted by Crippen LogP contribution is -2.57. The second-order valence-corrected chi connectivity index (χ2v) is 14.6. The Morgan fingerprint density at radius 2 is 1.27 bits per heavy atom. The number of ether oxygens (including phenoxy) is 2. The number of carbonyl (C=O) groups is 6. The molecule has 310 valence electrons. The van der Waals surface area contributed by atoms with Crippen molar-refractivity contribution in [3.8, 4) is 11.1 Å². The van der Waals surface area contributed by atoms with Gasteiger partial charge in [0.25, 0.3) is 0 Å². The van der Waals surface area contributed by atoms with E-state index in [4.69, 9.17) is 20.3 Å². The number of halogens is 2. The number of nitrogens with one attached hydrogen (secondary N) is 3. The molecule has 0 aromatic heterocycles. The number of nitrogens with two attached hydrogens (primary N) is 1. The van der Waals surface area contributed by atoms with E-state index in [0.29, 0.717) is 0 Å². The zero-order chi connectivity index (χ0) is 42.7. The van der Waals surface area contributed by atoms with Gasteiger partial charge in [0.15, 0.2) is 0 Å². The number of carboxylic acid groups (broad SMARTS) is 1. The number of aliphatic carboxylic acids is 1. The summed E-state index contributed by atoms with van der Waals surface area (Å²) in [6.45, 7) is 3.49. The Morgan fingerprint density at radius 1 is 0.712 bits per heavy atom. The van der Waals surface area contributed by atoms with Crippen molar-refractivity contribution >= 4 is 35.8 Å². The maximum atomic E-state index is 14.2. The molecule has 5 rings (SSSR count). The summed E-state index contributed by atoms with van der Waals surface area (Å²) in [7, 11) is 0. The van der Waals surface area contributed by atoms with Crippen LogP contribution in [0.2, 0.25) is 0 Å². The standard InChI is InChI=1S/C44H46F2N4O9/c1-26(2)22-36(39(47)52)48-41(54)37(23-27-16-18-29(19-17-27)44(45,46)42(55)56)49-40(53)35(20-21-38(51)58-24-28-10-4-3-5-11-28)50-43(57)59-25-34-32-14-8-6-12-30(32)31-13-7-9-15-33(31)34/h3-19,26,34-37H,20-25H2,1-2H3,(H2,47,52)(H,48,54)(H,49,53)(H,50,57)(H,55,56)/t35-,36-,37-/m0/s1. The van der Waals surface area contributed by atoms with Crippen molar-refractivity contribution in [2.75, 3.05) is 6.61 Å². The fourth-order valence-corrected chi connectivity index (χ4v) is 6.80. The number of carbonyl (C=O) groups excluding carboxylic acids is 5. The van der Waals surface area contributed by atoms with E-state index in [9.17, 15) is 37.5 Å². The van der Waals surface area contributed by atoms with Gasteiger partial charge in [0, 0.05) is 24.3 Å². The molecule has 1 aliphatic rings. The van der Waals surface area contributed by atoms with Crippen LogP contribution >= 0.6 is 0 Å². The average molecular weight is 813 g/mol. The van der Waals surface area contributed by atoms with Gasteiger partial charge in [-0.3, -0.25) is 19.2 Å². The van der Waals surface area contributed by atoms with Gasteiger partial charge in [-0.25, -0.2) is 9.59 Å². The molecule has 0 heterocycles. The first kappa shape index (κ1) is 43.5. The van der Waals surface area contributed by atoms with Crippen LogP contribution in [0.3, 0.4) is 0 Å². The van der Waals surface area contributed by atoms with E-state index in [1.807, 2.05) is 54.6 Å². The highest BCUT2D eigenvalue weighted by atomic mass is 19.3. The quantitative estimate of drug-likeness (QED) is 0.0775. The van der Waals surface area contributed by atoms with Gasteiger partial charge < -0.3 is 36.3 Å². The SMILES string of the molecule is CC(C)C[C@H](NC(=O)[C@H](Cc1ccc(C(F)(F)C(=O)O)cc1)NC(=O)[C@H](CCC(=O)OCc1ccccc1)NC(=O)OCC1c2ccccc2-c2ccccc21)C(N)=O. The topological polar surface area (TPSA) is 203 Å². The lowest BCUT2D eigenvalue weighted by Gasteiger charge is -2.25. The highest BCUT2D eigenvalue weighted by Crippen LogP contribution is 2.44. The van der Waals surface area contributed by atoms with Crippen molar-refractivity contribution in [3.63, 3.8) is 0 Å². The number of carboxylic acids is 1. The Labute approximate surface area is 339 Å². The van der Waals surface area contributed by atoms with Gasteiger partial charge in [-0.1, -0.05) is 117 Å². The number of rotatable bonds is 19. The molecule has 4 aromatic rings. The molecule has 13 nitrogen and oxygen atoms in total. The summed E-state index contributed by atoms with van der Waals surface area (Å²) in [6.07, 6.45) is -1.75. The van der Waals surface area contributed by atoms with E-state index in [2.05, 4.69) is 16.0 Å². The molecule has 3 atom stereocenters. The normalized spacial score (nSPS) is 13.6. The Balaban J connectivity index is 1.35. The Hall–Kier alpha value is -6.64. The van der Waals surface area contributed by atoms with Gasteiger partial charge in [0.05, 0.1) is 0 Å². The second kappa shape index (κ2) is 19.7. The van der Waals surface area contributed by atoms with Crippen molar-refractivity contribution in [1.82, 2.24) is 16.0 Å². The molecule has 0 saturated carbocycles. The number of esters is 1. The van der Waals surface area contributed by atoms with Crippen LogP contribution in [0.4, 0.5) is 13.6 Å². The van der Waals surface area contributed by atoms with Gasteiger partial charge >= 0.3 is 24.0 Å². The summed E-state index contributed by atoms with van der Waals surface area (Å²) in [5.41, 5.74) is 9.64. The molecule has 6 N–H and O–H groups in total. The minimum Gasteiger partial charge on any atom is -0.477 e. The maximum absolute atomic E-state index is 14.2. The van der Waals surface area contributed by atoms with Crippen LogP contribution < -0.4 is 21.7 Å². The van der Waals surface area contributed by atoms with Gasteiger partial charge in [0.2, 0.25) is 17.7 Å². The number of fused-ring (bicyclic) bond motifs is 3. The largest absolute Gasteiger partial charge is 0.477 e. The molecule has 1 aliphatic carbocycles. The van der Waals surface area contributed by atoms with Crippen molar-refractivity contribution < 1.29 is 52.1 Å². The first-order valence-electron chi connectivity index (χ1n) is 19.1. The van der Waals surface area contributed by atoms with E-state index in [1.165, 1.54) is 12.1 Å². The van der Waals surface area contributed by atoms with Gasteiger partial charge in [-0.05, 0) is 52.1 Å². The van der Waals surface area contributed by atoms with E-state index in [-0.39, 0.29) is 56.3 Å². The third kappa shape index (κ3) is 11.5. The first-order valence-corrected chi connectivity index (χ1v) is 19.1. The molecule has 0 radical (unpaired) electrons. The number of hydrogen-bond acceptors (Lipinski definition) is 8. The molecule has 15 heteroatoms. The summed E-state index contributed by atoms with van der Waals surface area (Å²) in [4.78, 5) is 77.5. The highest BCUT2D eigenvalue weighted by Gasteiger charge is 2.41. The van der Waals surface area contributed by atoms with Crippen molar-refractivity contribution in [3.05, 3.63) is 131 Å². The van der Waals surface area contributed by atoms with Crippen molar-refractivity contribution in [2.45, 2.75) is 76.1 Å². The minimum absolute atomic E-state index is 0.0345. The van der Waals surface area contributed by atoms with Crippen LogP contribution in [0.5, 0.6) is 0 Å². The monoisotopic (exact) mass is 812 g/mol. The van der Waals surface area contributed by atoms with E-state index >= 15 is 0 Å². The molecule has 4 amide bonds. The maximum Gasteiger partial charge on any atom is 0.407 e. The summed E-state index contributed by atoms with van der Waals surface area (Å²) in [6, 6.07) is 24.4. The predicted molar refractivity (Wildman–Crippen MR) is 212 cm³/mol. The molecular formula is C44H46F2N4O9. The number of alkyl carbamates (subject to hydrolysis) is 1. The number of amides is 4. The number of primary amides is 1. The van der Waals surface area contributed by atoms with Crippen molar-refractivity contribution in [1.29, 1.82) is 0 Å². The summed E-state index contributed by atoms with van der Waals surface area (Å²) >= 11 is 0. The molecule has 0 unspecified atom stereocenters. The van der Waals surface area contributed by atoms with Crippen LogP contribution in [0.25, 0.3) is 11.1 Å². The number of hydrogen-bond donors (Lipinski definition) is 5. The fraction of sp³-hybridized carbons (Fsp3) is 0.318. The Kier molecular flexibility index (Phi) is 14.5. The summed E-state index contributed by atoms with van der Waals surface area (Å²) in [5.74, 6) is -10.2. The van der Waals surface area contributed by atoms with Crippen LogP contribution in [0.15, 0.2) is 103 Å². The minimum atomic E-state index is -4.19. The predicted octanol–water partition coefficient (Wildman–Crippen LogP) is 5.34. The molecule has 59 heavy (non-hydrogen) atoms.